The molecular weight excluding hydrogens is 186 g/mol. The predicted octanol–water partition coefficient (Wildman–Crippen LogP) is -0.868. The Bertz CT molecular complexity index is 388. The summed E-state index contributed by atoms with van der Waals surface area (Å²) < 4.78 is 0. The third-order valence-corrected chi connectivity index (χ3v) is 1.93. The molecule has 0 saturated carbocycles. The maximum absolute atomic E-state index is 9.44. The van der Waals surface area contributed by atoms with Crippen LogP contribution in [0.2, 0.25) is 0 Å². The molecule has 0 aliphatic heterocycles. The van der Waals surface area contributed by atoms with Gasteiger partial charge in [-0.05, 0) is 12.1 Å². The van der Waals surface area contributed by atoms with Crippen LogP contribution in [0.15, 0.2) is 36.4 Å². The zero-order valence-corrected chi connectivity index (χ0v) is 7.62. The number of anilines is 1. The fraction of sp³-hybridized carbons (Fsp3) is 0. The summed E-state index contributed by atoms with van der Waals surface area (Å²) in [5, 5.41) is 11.1. The van der Waals surface area contributed by atoms with Gasteiger partial charge < -0.3 is 23.2 Å². The smallest absolute Gasteiger partial charge is 0.123 e. The number of rotatable bonds is 0. The minimum atomic E-state index is 0. The standard InChI is InChI=1S/C10H9NO.ClH/c11-9-5-6-10(12)8-4-2-1-3-7(8)9;/h1-6,12H,11H2;1H/p-1. The van der Waals surface area contributed by atoms with Crippen LogP contribution >= 0.6 is 0 Å². The Morgan fingerprint density at radius 1 is 0.923 bits per heavy atom. The molecule has 0 aliphatic carbocycles. The number of hydrogen-bond donors (Lipinski definition) is 2. The van der Waals surface area contributed by atoms with Crippen molar-refractivity contribution < 1.29 is 17.5 Å². The van der Waals surface area contributed by atoms with Crippen LogP contribution in [0, 0.1) is 0 Å². The number of halogens is 1. The normalized spacial score (nSPS) is 9.54. The molecule has 2 nitrogen and oxygen atoms in total. The summed E-state index contributed by atoms with van der Waals surface area (Å²) in [5.41, 5.74) is 6.41. The first-order valence-corrected chi connectivity index (χ1v) is 3.75. The summed E-state index contributed by atoms with van der Waals surface area (Å²) in [5.74, 6) is 0.278. The molecule has 0 amide bonds. The number of fused-ring (bicyclic) bond motifs is 1. The molecule has 0 unspecified atom stereocenters. The number of phenols is 1. The van der Waals surface area contributed by atoms with Crippen molar-refractivity contribution in [1.82, 2.24) is 0 Å². The SMILES string of the molecule is Nc1ccc(O)c2ccccc12.[Cl-]. The third-order valence-electron chi connectivity index (χ3n) is 1.93. The lowest BCUT2D eigenvalue weighted by atomic mass is 10.1. The lowest BCUT2D eigenvalue weighted by molar-refractivity contribution is -0.00000334. The van der Waals surface area contributed by atoms with E-state index in [-0.39, 0.29) is 18.2 Å². The van der Waals surface area contributed by atoms with Crippen molar-refractivity contribution in [3.8, 4) is 5.75 Å². The van der Waals surface area contributed by atoms with Crippen LogP contribution in [0.3, 0.4) is 0 Å². The molecule has 2 aromatic carbocycles. The Morgan fingerprint density at radius 3 is 2.15 bits per heavy atom. The lowest BCUT2D eigenvalue weighted by Crippen LogP contribution is -3.00. The zero-order chi connectivity index (χ0) is 8.55. The Kier molecular flexibility index (Phi) is 2.63. The van der Waals surface area contributed by atoms with Gasteiger partial charge in [0.2, 0.25) is 0 Å². The second kappa shape index (κ2) is 3.54. The predicted molar refractivity (Wildman–Crippen MR) is 50.0 cm³/mol. The van der Waals surface area contributed by atoms with Gasteiger partial charge in [-0.15, -0.1) is 0 Å². The van der Waals surface area contributed by atoms with Crippen LogP contribution in [0.1, 0.15) is 0 Å². The van der Waals surface area contributed by atoms with Crippen LogP contribution in [0.25, 0.3) is 10.8 Å². The van der Waals surface area contributed by atoms with Gasteiger partial charge in [-0.1, -0.05) is 24.3 Å². The van der Waals surface area contributed by atoms with Crippen molar-refractivity contribution in [3.63, 3.8) is 0 Å². The van der Waals surface area contributed by atoms with Crippen LogP contribution < -0.4 is 18.1 Å². The van der Waals surface area contributed by atoms with Gasteiger partial charge in [0.15, 0.2) is 0 Å². The molecule has 0 fully saturated rings. The average Bonchev–Trinajstić information content (AvgIpc) is 2.12. The van der Waals surface area contributed by atoms with Gasteiger partial charge in [-0.25, -0.2) is 0 Å². The third kappa shape index (κ3) is 1.53. The summed E-state index contributed by atoms with van der Waals surface area (Å²) in [4.78, 5) is 0. The second-order valence-corrected chi connectivity index (χ2v) is 2.72. The van der Waals surface area contributed by atoms with Crippen LogP contribution in [0.5, 0.6) is 5.75 Å². The van der Waals surface area contributed by atoms with Gasteiger partial charge in [0.05, 0.1) is 0 Å². The van der Waals surface area contributed by atoms with E-state index in [2.05, 4.69) is 0 Å². The van der Waals surface area contributed by atoms with Gasteiger partial charge in [0, 0.05) is 16.5 Å². The van der Waals surface area contributed by atoms with E-state index in [1.807, 2.05) is 24.3 Å². The molecule has 0 radical (unpaired) electrons. The summed E-state index contributed by atoms with van der Waals surface area (Å²) in [6.07, 6.45) is 0. The molecular formula is C10H9ClNO-. The van der Waals surface area contributed by atoms with Crippen molar-refractivity contribution in [2.24, 2.45) is 0 Å². The fourth-order valence-electron chi connectivity index (χ4n) is 1.31. The Labute approximate surface area is 82.4 Å². The molecule has 2 aromatic rings. The number of nitrogens with two attached hydrogens (primary N) is 1. The second-order valence-electron chi connectivity index (χ2n) is 2.72. The molecule has 0 bridgehead atoms. The van der Waals surface area contributed by atoms with Crippen LogP contribution in [0.4, 0.5) is 5.69 Å². The van der Waals surface area contributed by atoms with Gasteiger partial charge in [-0.2, -0.15) is 0 Å². The molecule has 2 rings (SSSR count). The largest absolute Gasteiger partial charge is 1.00 e. The monoisotopic (exact) mass is 194 g/mol. The van der Waals surface area contributed by atoms with Crippen molar-refractivity contribution in [2.75, 3.05) is 5.73 Å². The Balaban J connectivity index is 0.000000845. The van der Waals surface area contributed by atoms with Crippen molar-refractivity contribution >= 4 is 16.5 Å². The minimum Gasteiger partial charge on any atom is -1.00 e. The highest BCUT2D eigenvalue weighted by Crippen LogP contribution is 2.28. The number of benzene rings is 2. The summed E-state index contributed by atoms with van der Waals surface area (Å²) in [6.45, 7) is 0. The van der Waals surface area contributed by atoms with Gasteiger partial charge in [-0.3, -0.25) is 0 Å². The molecule has 0 saturated heterocycles. The first kappa shape index (κ1) is 9.68. The first-order chi connectivity index (χ1) is 5.79. The highest BCUT2D eigenvalue weighted by Gasteiger charge is 2.00. The number of phenolic OH excluding ortho intramolecular Hbond substituents is 1. The topological polar surface area (TPSA) is 46.2 Å². The van der Waals surface area contributed by atoms with E-state index in [1.54, 1.807) is 12.1 Å². The Morgan fingerprint density at radius 2 is 1.54 bits per heavy atom. The van der Waals surface area contributed by atoms with Crippen molar-refractivity contribution in [1.29, 1.82) is 0 Å². The average molecular weight is 195 g/mol. The van der Waals surface area contributed by atoms with E-state index in [9.17, 15) is 5.11 Å². The molecule has 0 atom stereocenters. The first-order valence-electron chi connectivity index (χ1n) is 3.75. The quantitative estimate of drug-likeness (QED) is 0.423. The van der Waals surface area contributed by atoms with E-state index in [0.29, 0.717) is 5.69 Å². The summed E-state index contributed by atoms with van der Waals surface area (Å²) >= 11 is 0. The van der Waals surface area contributed by atoms with Crippen molar-refractivity contribution in [3.05, 3.63) is 36.4 Å². The van der Waals surface area contributed by atoms with Gasteiger partial charge in [0.1, 0.15) is 5.75 Å². The Hall–Kier alpha value is -1.41. The zero-order valence-electron chi connectivity index (χ0n) is 6.87. The highest BCUT2D eigenvalue weighted by molar-refractivity contribution is 5.96. The molecule has 0 aromatic heterocycles. The summed E-state index contributed by atoms with van der Waals surface area (Å²) in [7, 11) is 0. The molecule has 3 heteroatoms. The van der Waals surface area contributed by atoms with E-state index < -0.39 is 0 Å². The van der Waals surface area contributed by atoms with E-state index in [0.717, 1.165) is 10.8 Å². The van der Waals surface area contributed by atoms with Crippen molar-refractivity contribution in [2.45, 2.75) is 0 Å². The summed E-state index contributed by atoms with van der Waals surface area (Å²) in [6, 6.07) is 10.8. The van der Waals surface area contributed by atoms with Gasteiger partial charge in [0.25, 0.3) is 0 Å². The molecule has 0 spiro atoms. The molecule has 3 N–H and O–H groups in total. The lowest BCUT2D eigenvalue weighted by Gasteiger charge is -2.02. The fourth-order valence-corrected chi connectivity index (χ4v) is 1.31. The maximum Gasteiger partial charge on any atom is 0.123 e. The van der Waals surface area contributed by atoms with Crippen LogP contribution in [-0.4, -0.2) is 5.11 Å². The molecule has 0 aliphatic rings. The van der Waals surface area contributed by atoms with Crippen LogP contribution in [-0.2, 0) is 0 Å². The molecule has 13 heavy (non-hydrogen) atoms. The molecule has 68 valence electrons. The van der Waals surface area contributed by atoms with E-state index >= 15 is 0 Å². The minimum absolute atomic E-state index is 0. The van der Waals surface area contributed by atoms with E-state index in [1.165, 1.54) is 0 Å². The van der Waals surface area contributed by atoms with E-state index in [4.69, 9.17) is 5.73 Å². The van der Waals surface area contributed by atoms with Gasteiger partial charge >= 0.3 is 0 Å². The molecule has 0 heterocycles. The number of aromatic hydroxyl groups is 1. The highest BCUT2D eigenvalue weighted by atomic mass is 35.5. The number of nitrogen functional groups attached to an aromatic ring is 1. The maximum atomic E-state index is 9.44. The number of hydrogen-bond acceptors (Lipinski definition) is 2.